The smallest absolute Gasteiger partial charge is 0.547 e. The summed E-state index contributed by atoms with van der Waals surface area (Å²) in [6, 6.07) is -2.15. The Morgan fingerprint density at radius 2 is 1.57 bits per heavy atom. The number of rotatable bonds is 4. The maximum Gasteiger partial charge on any atom is 2.00 e. The van der Waals surface area contributed by atoms with Gasteiger partial charge in [-0.05, 0) is 6.92 Å². The summed E-state index contributed by atoms with van der Waals surface area (Å²) in [5.74, 6) is -4.75. The average Bonchev–Trinajstić information content (AvgIpc) is 1.97. The normalized spacial score (nSPS) is 8.71. The van der Waals surface area contributed by atoms with Crippen LogP contribution in [0, 0.1) is 0 Å². The molecule has 0 aliphatic heterocycles. The van der Waals surface area contributed by atoms with Crippen LogP contribution in [0.1, 0.15) is 6.92 Å². The monoisotopic (exact) mass is 209 g/mol. The predicted molar refractivity (Wildman–Crippen MR) is 42.5 cm³/mol. The molecule has 0 saturated carbocycles. The summed E-state index contributed by atoms with van der Waals surface area (Å²) in [7, 11) is 0. The van der Waals surface area contributed by atoms with Gasteiger partial charge in [0, 0.05) is 5.57 Å². The second-order valence-electron chi connectivity index (χ2n) is 2.32. The molecular formula is C7H7MgNO5. The number of carboxylic acid groups (broad SMARTS) is 2. The minimum absolute atomic E-state index is 0. The fourth-order valence-corrected chi connectivity index (χ4v) is 0.468. The van der Waals surface area contributed by atoms with Crippen LogP contribution < -0.4 is 15.5 Å². The molecule has 0 aromatic carbocycles. The summed E-state index contributed by atoms with van der Waals surface area (Å²) in [5, 5.41) is 21.9. The van der Waals surface area contributed by atoms with Crippen LogP contribution in [0.4, 0.5) is 0 Å². The van der Waals surface area contributed by atoms with Gasteiger partial charge in [0.15, 0.2) is 0 Å². The first-order chi connectivity index (χ1) is 5.86. The topological polar surface area (TPSA) is 109 Å². The molecular weight excluding hydrogens is 202 g/mol. The minimum Gasteiger partial charge on any atom is -0.547 e. The molecule has 0 aliphatic carbocycles. The molecule has 0 bridgehead atoms. The number of aliphatic carboxylic acids is 2. The van der Waals surface area contributed by atoms with E-state index >= 15 is 0 Å². The number of carboxylic acids is 2. The molecule has 0 heterocycles. The van der Waals surface area contributed by atoms with Crippen molar-refractivity contribution in [2.45, 2.75) is 13.0 Å². The quantitative estimate of drug-likeness (QED) is 0.290. The molecule has 72 valence electrons. The van der Waals surface area contributed by atoms with E-state index in [0.717, 1.165) is 0 Å². The summed E-state index contributed by atoms with van der Waals surface area (Å²) in [5.41, 5.74) is -0.00694. The van der Waals surface area contributed by atoms with Crippen LogP contribution in [0.25, 0.3) is 0 Å². The molecule has 0 radical (unpaired) electrons. The van der Waals surface area contributed by atoms with Crippen molar-refractivity contribution in [3.8, 4) is 0 Å². The minimum atomic E-state index is -2.15. The Kier molecular flexibility index (Phi) is 7.02. The Bertz CT molecular complexity index is 261. The van der Waals surface area contributed by atoms with Crippen LogP contribution >= 0.6 is 0 Å². The number of carbonyl (C=O) groups is 3. The van der Waals surface area contributed by atoms with E-state index in [0.29, 0.717) is 0 Å². The van der Waals surface area contributed by atoms with Gasteiger partial charge in [0.1, 0.15) is 6.04 Å². The maximum absolute atomic E-state index is 10.8. The van der Waals surface area contributed by atoms with Crippen molar-refractivity contribution in [2.75, 3.05) is 0 Å². The van der Waals surface area contributed by atoms with Crippen molar-refractivity contribution >= 4 is 40.9 Å². The Morgan fingerprint density at radius 1 is 1.21 bits per heavy atom. The molecule has 0 saturated heterocycles. The van der Waals surface area contributed by atoms with Crippen LogP contribution in [0.5, 0.6) is 0 Å². The zero-order chi connectivity index (χ0) is 10.6. The van der Waals surface area contributed by atoms with Crippen LogP contribution in [-0.2, 0) is 14.4 Å². The molecule has 0 aliphatic rings. The summed E-state index contributed by atoms with van der Waals surface area (Å²) in [6.07, 6.45) is 0. The Hall–Kier alpha value is -1.08. The molecule has 0 atom stereocenters. The van der Waals surface area contributed by atoms with Gasteiger partial charge in [0.2, 0.25) is 5.91 Å². The zero-order valence-corrected chi connectivity index (χ0v) is 8.95. The standard InChI is InChI=1S/C7H9NO5.Mg/c1-3(2)5(9)8-4(6(10)11)7(12)13;/h4H,1H2,2H3,(H,8,9)(H,10,11)(H,12,13);/q;+2/p-2. The Balaban J connectivity index is 0. The summed E-state index contributed by atoms with van der Waals surface area (Å²) in [6.45, 7) is 4.49. The van der Waals surface area contributed by atoms with Crippen LogP contribution in [0.3, 0.4) is 0 Å². The van der Waals surface area contributed by atoms with Gasteiger partial charge in [-0.2, -0.15) is 0 Å². The second-order valence-corrected chi connectivity index (χ2v) is 2.32. The molecule has 0 fully saturated rings. The molecule has 14 heavy (non-hydrogen) atoms. The van der Waals surface area contributed by atoms with Gasteiger partial charge in [-0.1, -0.05) is 6.58 Å². The third-order valence-corrected chi connectivity index (χ3v) is 1.13. The van der Waals surface area contributed by atoms with E-state index in [1.165, 1.54) is 6.92 Å². The molecule has 0 unspecified atom stereocenters. The number of hydrogen-bond donors (Lipinski definition) is 1. The van der Waals surface area contributed by atoms with Crippen LogP contribution in [0.2, 0.25) is 0 Å². The molecule has 7 heteroatoms. The van der Waals surface area contributed by atoms with Crippen LogP contribution in [0.15, 0.2) is 12.2 Å². The van der Waals surface area contributed by atoms with Gasteiger partial charge in [0.05, 0.1) is 11.9 Å². The first-order valence-corrected chi connectivity index (χ1v) is 3.24. The summed E-state index contributed by atoms with van der Waals surface area (Å²) >= 11 is 0. The van der Waals surface area contributed by atoms with E-state index in [4.69, 9.17) is 0 Å². The van der Waals surface area contributed by atoms with E-state index in [1.54, 1.807) is 5.32 Å². The van der Waals surface area contributed by atoms with Crippen molar-refractivity contribution in [3.05, 3.63) is 12.2 Å². The van der Waals surface area contributed by atoms with Gasteiger partial charge >= 0.3 is 23.1 Å². The SMILES string of the molecule is C=C(C)C(=O)NC(C(=O)[O-])C(=O)[O-].[Mg+2]. The first kappa shape index (κ1) is 15.4. The van der Waals surface area contributed by atoms with Gasteiger partial charge in [-0.25, -0.2) is 0 Å². The van der Waals surface area contributed by atoms with E-state index in [-0.39, 0.29) is 28.6 Å². The third-order valence-electron chi connectivity index (χ3n) is 1.13. The van der Waals surface area contributed by atoms with Crippen molar-refractivity contribution < 1.29 is 24.6 Å². The number of hydrogen-bond acceptors (Lipinski definition) is 5. The third kappa shape index (κ3) is 4.82. The van der Waals surface area contributed by atoms with Crippen molar-refractivity contribution in [1.82, 2.24) is 5.32 Å². The van der Waals surface area contributed by atoms with Crippen molar-refractivity contribution in [2.24, 2.45) is 0 Å². The van der Waals surface area contributed by atoms with Gasteiger partial charge in [-0.15, -0.1) is 0 Å². The van der Waals surface area contributed by atoms with Crippen LogP contribution in [-0.4, -0.2) is 46.9 Å². The number of nitrogens with one attached hydrogen (secondary N) is 1. The molecule has 6 nitrogen and oxygen atoms in total. The van der Waals surface area contributed by atoms with Gasteiger partial charge < -0.3 is 25.1 Å². The molecule has 0 spiro atoms. The molecule has 1 amide bonds. The fraction of sp³-hybridized carbons (Fsp3) is 0.286. The Morgan fingerprint density at radius 3 is 1.79 bits per heavy atom. The molecule has 0 rings (SSSR count). The van der Waals surface area contributed by atoms with E-state index < -0.39 is 23.9 Å². The molecule has 1 N–H and O–H groups in total. The fourth-order valence-electron chi connectivity index (χ4n) is 0.468. The summed E-state index contributed by atoms with van der Waals surface area (Å²) < 4.78 is 0. The van der Waals surface area contributed by atoms with Gasteiger partial charge in [-0.3, -0.25) is 4.79 Å². The maximum atomic E-state index is 10.8. The largest absolute Gasteiger partial charge is 2.00 e. The number of carbonyl (C=O) groups excluding carboxylic acids is 3. The predicted octanol–water partition coefficient (Wildman–Crippen LogP) is -3.83. The van der Waals surface area contributed by atoms with Gasteiger partial charge in [0.25, 0.3) is 0 Å². The first-order valence-electron chi connectivity index (χ1n) is 3.24. The van der Waals surface area contributed by atoms with E-state index in [9.17, 15) is 24.6 Å². The molecule has 0 aromatic heterocycles. The molecule has 0 aromatic rings. The summed E-state index contributed by atoms with van der Waals surface area (Å²) in [4.78, 5) is 31.0. The van der Waals surface area contributed by atoms with E-state index in [2.05, 4.69) is 6.58 Å². The van der Waals surface area contributed by atoms with Crippen molar-refractivity contribution in [1.29, 1.82) is 0 Å². The Labute approximate surface area is 96.1 Å². The average molecular weight is 209 g/mol. The van der Waals surface area contributed by atoms with Crippen molar-refractivity contribution in [3.63, 3.8) is 0 Å². The second kappa shape index (κ2) is 6.38. The zero-order valence-electron chi connectivity index (χ0n) is 7.53. The van der Waals surface area contributed by atoms with E-state index in [1.807, 2.05) is 0 Å². The number of amides is 1.